The first-order valence-electron chi connectivity index (χ1n) is 8.13. The molecule has 0 aliphatic carbocycles. The topological polar surface area (TPSA) is 24.5 Å². The van der Waals surface area contributed by atoms with Crippen molar-refractivity contribution < 1.29 is 4.74 Å². The predicted octanol–water partition coefficient (Wildman–Crippen LogP) is 2.80. The Morgan fingerprint density at radius 2 is 1.95 bits per heavy atom. The summed E-state index contributed by atoms with van der Waals surface area (Å²) in [5, 5.41) is 3.81. The summed E-state index contributed by atoms with van der Waals surface area (Å²) in [6.07, 6.45) is 6.70. The monoisotopic (exact) mass is 268 g/mol. The number of hydrogen-bond donors (Lipinski definition) is 1. The van der Waals surface area contributed by atoms with E-state index >= 15 is 0 Å². The lowest BCUT2D eigenvalue weighted by atomic mass is 9.84. The van der Waals surface area contributed by atoms with E-state index in [1.807, 2.05) is 0 Å². The van der Waals surface area contributed by atoms with E-state index in [4.69, 9.17) is 4.74 Å². The van der Waals surface area contributed by atoms with E-state index in [0.717, 1.165) is 26.2 Å². The molecular formula is C16H32N2O. The molecule has 1 unspecified atom stereocenters. The highest BCUT2D eigenvalue weighted by Crippen LogP contribution is 2.29. The highest BCUT2D eigenvalue weighted by molar-refractivity contribution is 5.01. The minimum absolute atomic E-state index is 0.245. The summed E-state index contributed by atoms with van der Waals surface area (Å²) in [5.41, 5.74) is 0.554. The van der Waals surface area contributed by atoms with Gasteiger partial charge in [-0.05, 0) is 46.0 Å². The van der Waals surface area contributed by atoms with Gasteiger partial charge in [0.25, 0.3) is 0 Å². The first-order chi connectivity index (χ1) is 9.01. The average molecular weight is 268 g/mol. The maximum Gasteiger partial charge on any atom is 0.0702 e. The second kappa shape index (κ2) is 6.11. The fourth-order valence-electron chi connectivity index (χ4n) is 3.38. The average Bonchev–Trinajstić information content (AvgIpc) is 2.43. The van der Waals surface area contributed by atoms with Gasteiger partial charge in [-0.15, -0.1) is 0 Å². The minimum atomic E-state index is 0.245. The van der Waals surface area contributed by atoms with Gasteiger partial charge in [-0.25, -0.2) is 0 Å². The van der Waals surface area contributed by atoms with E-state index in [9.17, 15) is 0 Å². The molecule has 0 aromatic heterocycles. The molecule has 2 rings (SSSR count). The summed E-state index contributed by atoms with van der Waals surface area (Å²) in [5.74, 6) is 0. The lowest BCUT2D eigenvalue weighted by Crippen LogP contribution is -2.68. The summed E-state index contributed by atoms with van der Waals surface area (Å²) in [6.45, 7) is 13.7. The molecule has 2 aliphatic rings. The Balaban J connectivity index is 2.01. The van der Waals surface area contributed by atoms with Crippen LogP contribution >= 0.6 is 0 Å². The smallest absolute Gasteiger partial charge is 0.0702 e. The van der Waals surface area contributed by atoms with Crippen LogP contribution in [0, 0.1) is 0 Å². The molecule has 0 bridgehead atoms. The lowest BCUT2D eigenvalue weighted by Gasteiger charge is -2.52. The van der Waals surface area contributed by atoms with Gasteiger partial charge in [-0.1, -0.05) is 13.8 Å². The SMILES string of the molecule is CCC1(CC)CN(CC2CCCCO2)C(C)(C)CN1. The van der Waals surface area contributed by atoms with Crippen molar-refractivity contribution in [1.29, 1.82) is 0 Å². The van der Waals surface area contributed by atoms with Gasteiger partial charge in [-0.2, -0.15) is 0 Å². The second-order valence-electron chi connectivity index (χ2n) is 7.02. The van der Waals surface area contributed by atoms with Crippen molar-refractivity contribution in [3.8, 4) is 0 Å². The Labute approximate surface area is 119 Å². The molecule has 2 saturated heterocycles. The van der Waals surface area contributed by atoms with Gasteiger partial charge in [0.15, 0.2) is 0 Å². The van der Waals surface area contributed by atoms with Crippen LogP contribution in [0.25, 0.3) is 0 Å². The van der Waals surface area contributed by atoms with Crippen LogP contribution in [0.3, 0.4) is 0 Å². The van der Waals surface area contributed by atoms with Crippen molar-refractivity contribution in [2.24, 2.45) is 0 Å². The van der Waals surface area contributed by atoms with Crippen molar-refractivity contribution in [3.63, 3.8) is 0 Å². The molecule has 19 heavy (non-hydrogen) atoms. The van der Waals surface area contributed by atoms with Crippen LogP contribution in [0.2, 0.25) is 0 Å². The first kappa shape index (κ1) is 15.3. The molecule has 112 valence electrons. The second-order valence-corrected chi connectivity index (χ2v) is 7.02. The zero-order chi connectivity index (χ0) is 13.9. The van der Waals surface area contributed by atoms with Crippen LogP contribution < -0.4 is 5.32 Å². The van der Waals surface area contributed by atoms with E-state index in [2.05, 4.69) is 37.9 Å². The molecule has 0 amide bonds. The lowest BCUT2D eigenvalue weighted by molar-refractivity contribution is -0.0504. The van der Waals surface area contributed by atoms with Crippen LogP contribution in [0.5, 0.6) is 0 Å². The van der Waals surface area contributed by atoms with E-state index in [1.165, 1.54) is 32.1 Å². The fourth-order valence-corrected chi connectivity index (χ4v) is 3.38. The molecule has 0 aromatic carbocycles. The number of nitrogens with zero attached hydrogens (tertiary/aromatic N) is 1. The maximum atomic E-state index is 5.95. The van der Waals surface area contributed by atoms with Gasteiger partial charge in [0.1, 0.15) is 0 Å². The van der Waals surface area contributed by atoms with Gasteiger partial charge in [0.2, 0.25) is 0 Å². The minimum Gasteiger partial charge on any atom is -0.377 e. The number of hydrogen-bond acceptors (Lipinski definition) is 3. The van der Waals surface area contributed by atoms with Crippen LogP contribution in [-0.4, -0.2) is 48.3 Å². The molecular weight excluding hydrogens is 236 g/mol. The molecule has 3 nitrogen and oxygen atoms in total. The number of nitrogens with one attached hydrogen (secondary N) is 1. The van der Waals surface area contributed by atoms with E-state index in [1.54, 1.807) is 0 Å². The molecule has 0 radical (unpaired) electrons. The van der Waals surface area contributed by atoms with Crippen molar-refractivity contribution in [2.45, 2.75) is 77.0 Å². The Hall–Kier alpha value is -0.120. The third-order valence-corrected chi connectivity index (χ3v) is 5.30. The normalized spacial score (nSPS) is 31.3. The van der Waals surface area contributed by atoms with Crippen LogP contribution in [0.4, 0.5) is 0 Å². The molecule has 2 heterocycles. The van der Waals surface area contributed by atoms with Gasteiger partial charge in [-0.3, -0.25) is 4.90 Å². The maximum absolute atomic E-state index is 5.95. The standard InChI is InChI=1S/C16H32N2O/c1-5-16(6-2)13-18(15(3,4)12-17-16)11-14-9-7-8-10-19-14/h14,17H,5-13H2,1-4H3. The van der Waals surface area contributed by atoms with E-state index in [-0.39, 0.29) is 5.54 Å². The molecule has 2 fully saturated rings. The molecule has 0 saturated carbocycles. The Morgan fingerprint density at radius 1 is 1.21 bits per heavy atom. The van der Waals surface area contributed by atoms with Crippen LogP contribution in [0.15, 0.2) is 0 Å². The van der Waals surface area contributed by atoms with Crippen molar-refractivity contribution in [1.82, 2.24) is 10.2 Å². The number of ether oxygens (including phenoxy) is 1. The van der Waals surface area contributed by atoms with Crippen molar-refractivity contribution in [3.05, 3.63) is 0 Å². The zero-order valence-corrected chi connectivity index (χ0v) is 13.3. The van der Waals surface area contributed by atoms with Crippen LogP contribution in [-0.2, 0) is 4.74 Å². The quantitative estimate of drug-likeness (QED) is 0.848. The first-order valence-corrected chi connectivity index (χ1v) is 8.13. The highest BCUT2D eigenvalue weighted by Gasteiger charge is 2.41. The molecule has 0 spiro atoms. The Bertz CT molecular complexity index is 280. The van der Waals surface area contributed by atoms with E-state index < -0.39 is 0 Å². The third-order valence-electron chi connectivity index (χ3n) is 5.30. The molecule has 3 heteroatoms. The molecule has 1 atom stereocenters. The van der Waals surface area contributed by atoms with Crippen molar-refractivity contribution in [2.75, 3.05) is 26.2 Å². The number of piperazine rings is 1. The third kappa shape index (κ3) is 3.50. The van der Waals surface area contributed by atoms with Gasteiger partial charge in [0.05, 0.1) is 6.10 Å². The summed E-state index contributed by atoms with van der Waals surface area (Å²) < 4.78 is 5.95. The molecule has 1 N–H and O–H groups in total. The van der Waals surface area contributed by atoms with Gasteiger partial charge < -0.3 is 10.1 Å². The van der Waals surface area contributed by atoms with Crippen molar-refractivity contribution >= 4 is 0 Å². The summed E-state index contributed by atoms with van der Waals surface area (Å²) in [6, 6.07) is 0. The predicted molar refractivity (Wildman–Crippen MR) is 80.6 cm³/mol. The fraction of sp³-hybridized carbons (Fsp3) is 1.00. The number of rotatable bonds is 4. The summed E-state index contributed by atoms with van der Waals surface area (Å²) >= 11 is 0. The zero-order valence-electron chi connectivity index (χ0n) is 13.3. The van der Waals surface area contributed by atoms with Gasteiger partial charge >= 0.3 is 0 Å². The largest absolute Gasteiger partial charge is 0.377 e. The molecule has 0 aromatic rings. The van der Waals surface area contributed by atoms with Crippen LogP contribution in [0.1, 0.15) is 59.8 Å². The van der Waals surface area contributed by atoms with Gasteiger partial charge in [0, 0.05) is 37.3 Å². The summed E-state index contributed by atoms with van der Waals surface area (Å²) in [7, 11) is 0. The molecule has 2 aliphatic heterocycles. The Kier molecular flexibility index (Phi) is 4.91. The van der Waals surface area contributed by atoms with E-state index in [0.29, 0.717) is 11.6 Å². The Morgan fingerprint density at radius 3 is 2.53 bits per heavy atom. The highest BCUT2D eigenvalue weighted by atomic mass is 16.5. The summed E-state index contributed by atoms with van der Waals surface area (Å²) in [4.78, 5) is 2.67.